The highest BCUT2D eigenvalue weighted by Gasteiger charge is 2.48. The molecule has 0 aromatic carbocycles. The van der Waals surface area contributed by atoms with Crippen molar-refractivity contribution in [3.8, 4) is 0 Å². The molecule has 110 valence electrons. The standard InChI is InChI=1S/C13H24N2O3S/c1-10(9-11-3-4-11)15-12(16)13(19(2,17)18)5-7-14-8-6-13/h10-11,14H,3-9H2,1-2H3,(H,15,16). The summed E-state index contributed by atoms with van der Waals surface area (Å²) in [7, 11) is -3.40. The lowest BCUT2D eigenvalue weighted by Crippen LogP contribution is -2.58. The second-order valence-corrected chi connectivity index (χ2v) is 8.40. The molecule has 1 saturated heterocycles. The van der Waals surface area contributed by atoms with E-state index in [4.69, 9.17) is 0 Å². The largest absolute Gasteiger partial charge is 0.352 e. The molecule has 0 radical (unpaired) electrons. The Balaban J connectivity index is 2.06. The average Bonchev–Trinajstić information content (AvgIpc) is 3.12. The molecule has 1 saturated carbocycles. The van der Waals surface area contributed by atoms with Crippen molar-refractivity contribution in [3.05, 3.63) is 0 Å². The van der Waals surface area contributed by atoms with Gasteiger partial charge in [0.15, 0.2) is 14.6 Å². The number of nitrogens with one attached hydrogen (secondary N) is 2. The molecule has 1 aliphatic carbocycles. The van der Waals surface area contributed by atoms with Gasteiger partial charge in [0.1, 0.15) is 0 Å². The Morgan fingerprint density at radius 3 is 2.42 bits per heavy atom. The van der Waals surface area contributed by atoms with Crippen LogP contribution in [-0.2, 0) is 14.6 Å². The molecule has 2 fully saturated rings. The number of carbonyl (C=O) groups is 1. The third-order valence-corrected chi connectivity index (χ3v) is 6.31. The van der Waals surface area contributed by atoms with Crippen LogP contribution in [0.25, 0.3) is 0 Å². The molecule has 0 aromatic rings. The fourth-order valence-electron chi connectivity index (χ4n) is 2.86. The Kier molecular flexibility index (Phi) is 4.20. The van der Waals surface area contributed by atoms with E-state index in [-0.39, 0.29) is 11.9 Å². The minimum Gasteiger partial charge on any atom is -0.352 e. The van der Waals surface area contributed by atoms with Gasteiger partial charge in [0.05, 0.1) is 0 Å². The van der Waals surface area contributed by atoms with Crippen LogP contribution in [0.3, 0.4) is 0 Å². The van der Waals surface area contributed by atoms with E-state index in [1.165, 1.54) is 19.1 Å². The first-order valence-electron chi connectivity index (χ1n) is 7.06. The van der Waals surface area contributed by atoms with Crippen LogP contribution in [0.1, 0.15) is 39.0 Å². The topological polar surface area (TPSA) is 75.3 Å². The maximum atomic E-state index is 12.5. The van der Waals surface area contributed by atoms with Crippen molar-refractivity contribution >= 4 is 15.7 Å². The molecule has 2 N–H and O–H groups in total. The molecule has 19 heavy (non-hydrogen) atoms. The van der Waals surface area contributed by atoms with Gasteiger partial charge in [0.2, 0.25) is 5.91 Å². The predicted octanol–water partition coefficient (Wildman–Crippen LogP) is 0.458. The lowest BCUT2D eigenvalue weighted by molar-refractivity contribution is -0.125. The average molecular weight is 288 g/mol. The highest BCUT2D eigenvalue weighted by molar-refractivity contribution is 7.92. The van der Waals surface area contributed by atoms with Crippen molar-refractivity contribution in [2.45, 2.75) is 49.8 Å². The summed E-state index contributed by atoms with van der Waals surface area (Å²) in [6.07, 6.45) is 5.36. The summed E-state index contributed by atoms with van der Waals surface area (Å²) < 4.78 is 22.9. The van der Waals surface area contributed by atoms with Gasteiger partial charge in [-0.2, -0.15) is 0 Å². The SMILES string of the molecule is CC(CC1CC1)NC(=O)C1(S(C)(=O)=O)CCNCC1. The van der Waals surface area contributed by atoms with Gasteiger partial charge in [-0.1, -0.05) is 12.8 Å². The summed E-state index contributed by atoms with van der Waals surface area (Å²) in [6.45, 7) is 3.13. The van der Waals surface area contributed by atoms with E-state index < -0.39 is 14.6 Å². The molecule has 6 heteroatoms. The first-order chi connectivity index (χ1) is 8.85. The van der Waals surface area contributed by atoms with E-state index >= 15 is 0 Å². The lowest BCUT2D eigenvalue weighted by Gasteiger charge is -2.35. The Bertz CT molecular complexity index is 437. The van der Waals surface area contributed by atoms with Crippen molar-refractivity contribution in [2.24, 2.45) is 5.92 Å². The first kappa shape index (κ1) is 14.8. The van der Waals surface area contributed by atoms with E-state index in [1.54, 1.807) is 0 Å². The van der Waals surface area contributed by atoms with Crippen LogP contribution in [0.5, 0.6) is 0 Å². The Morgan fingerprint density at radius 2 is 1.95 bits per heavy atom. The summed E-state index contributed by atoms with van der Waals surface area (Å²) in [5.74, 6) is 0.419. The van der Waals surface area contributed by atoms with Crippen molar-refractivity contribution in [3.63, 3.8) is 0 Å². The predicted molar refractivity (Wildman–Crippen MR) is 74.6 cm³/mol. The van der Waals surface area contributed by atoms with Crippen LogP contribution in [0.15, 0.2) is 0 Å². The molecule has 0 bridgehead atoms. The minimum atomic E-state index is -3.40. The molecule has 1 atom stereocenters. The summed E-state index contributed by atoms with van der Waals surface area (Å²) in [4.78, 5) is 12.5. The molecule has 5 nitrogen and oxygen atoms in total. The van der Waals surface area contributed by atoms with E-state index in [9.17, 15) is 13.2 Å². The van der Waals surface area contributed by atoms with E-state index in [0.717, 1.165) is 12.3 Å². The Morgan fingerprint density at radius 1 is 1.37 bits per heavy atom. The lowest BCUT2D eigenvalue weighted by atomic mass is 9.95. The molecular formula is C13H24N2O3S. The molecule has 1 aliphatic heterocycles. The van der Waals surface area contributed by atoms with E-state index in [1.807, 2.05) is 6.92 Å². The fraction of sp³-hybridized carbons (Fsp3) is 0.923. The van der Waals surface area contributed by atoms with Crippen molar-refractivity contribution in [1.29, 1.82) is 0 Å². The second kappa shape index (κ2) is 5.40. The molecular weight excluding hydrogens is 264 g/mol. The van der Waals surface area contributed by atoms with Gasteiger partial charge < -0.3 is 10.6 Å². The van der Waals surface area contributed by atoms with Crippen molar-refractivity contribution < 1.29 is 13.2 Å². The molecule has 1 unspecified atom stereocenters. The number of piperidine rings is 1. The molecule has 2 rings (SSSR count). The molecule has 0 aromatic heterocycles. The number of hydrogen-bond acceptors (Lipinski definition) is 4. The highest BCUT2D eigenvalue weighted by Crippen LogP contribution is 2.34. The number of sulfone groups is 1. The van der Waals surface area contributed by atoms with E-state index in [2.05, 4.69) is 10.6 Å². The van der Waals surface area contributed by atoms with Crippen LogP contribution >= 0.6 is 0 Å². The monoisotopic (exact) mass is 288 g/mol. The second-order valence-electron chi connectivity index (χ2n) is 6.07. The van der Waals surface area contributed by atoms with Gasteiger partial charge in [-0.3, -0.25) is 4.79 Å². The Hall–Kier alpha value is -0.620. The smallest absolute Gasteiger partial charge is 0.241 e. The summed E-state index contributed by atoms with van der Waals surface area (Å²) >= 11 is 0. The molecule has 2 aliphatic rings. The number of carbonyl (C=O) groups excluding carboxylic acids is 1. The maximum absolute atomic E-state index is 12.5. The zero-order valence-electron chi connectivity index (χ0n) is 11.7. The van der Waals surface area contributed by atoms with Crippen LogP contribution in [0.4, 0.5) is 0 Å². The van der Waals surface area contributed by atoms with Crippen molar-refractivity contribution in [1.82, 2.24) is 10.6 Å². The quantitative estimate of drug-likeness (QED) is 0.770. The van der Waals surface area contributed by atoms with E-state index in [0.29, 0.717) is 25.9 Å². The number of hydrogen-bond donors (Lipinski definition) is 2. The Labute approximate surface area is 115 Å². The number of rotatable bonds is 5. The first-order valence-corrected chi connectivity index (χ1v) is 8.95. The zero-order valence-corrected chi connectivity index (χ0v) is 12.6. The fourth-order valence-corrected chi connectivity index (χ4v) is 4.21. The zero-order chi connectivity index (χ0) is 14.1. The molecule has 1 heterocycles. The van der Waals surface area contributed by atoms with Crippen LogP contribution in [0.2, 0.25) is 0 Å². The molecule has 1 amide bonds. The molecule has 0 spiro atoms. The van der Waals surface area contributed by atoms with Crippen LogP contribution in [0, 0.1) is 5.92 Å². The van der Waals surface area contributed by atoms with Gasteiger partial charge >= 0.3 is 0 Å². The van der Waals surface area contributed by atoms with Crippen molar-refractivity contribution in [2.75, 3.05) is 19.3 Å². The van der Waals surface area contributed by atoms with Gasteiger partial charge in [-0.15, -0.1) is 0 Å². The third kappa shape index (κ3) is 3.28. The maximum Gasteiger partial charge on any atom is 0.241 e. The third-order valence-electron chi connectivity index (χ3n) is 4.30. The van der Waals surface area contributed by atoms with Gasteiger partial charge in [-0.05, 0) is 45.2 Å². The normalized spacial score (nSPS) is 24.7. The summed E-state index contributed by atoms with van der Waals surface area (Å²) in [6, 6.07) is 0.0634. The van der Waals surface area contributed by atoms with Crippen LogP contribution in [-0.4, -0.2) is 44.5 Å². The highest BCUT2D eigenvalue weighted by atomic mass is 32.2. The minimum absolute atomic E-state index is 0.0634. The van der Waals surface area contributed by atoms with Gasteiger partial charge in [-0.25, -0.2) is 8.42 Å². The van der Waals surface area contributed by atoms with Crippen LogP contribution < -0.4 is 10.6 Å². The summed E-state index contributed by atoms with van der Waals surface area (Å²) in [5.41, 5.74) is 0. The van der Waals surface area contributed by atoms with Gasteiger partial charge in [0.25, 0.3) is 0 Å². The summed E-state index contributed by atoms with van der Waals surface area (Å²) in [5, 5.41) is 6.04. The number of amides is 1. The van der Waals surface area contributed by atoms with Gasteiger partial charge in [0, 0.05) is 12.3 Å².